The standard InChI is InChI=1S/C25H38O3/c1-3-4-5-6-7-24(27)28-23-13-12-22-21-10-8-17-16-18(26)9-11-19(17)20(21)14-15-25(22,23)2/h16,19-23H,3-15H2,1-2H3/t19?,20?,21?,22?,23-,25-/m0/s1. The minimum atomic E-state index is 0.0322. The zero-order chi connectivity index (χ0) is 19.7. The van der Waals surface area contributed by atoms with Crippen molar-refractivity contribution < 1.29 is 14.3 Å². The summed E-state index contributed by atoms with van der Waals surface area (Å²) in [4.78, 5) is 24.3. The van der Waals surface area contributed by atoms with E-state index in [0.717, 1.165) is 50.4 Å². The molecule has 156 valence electrons. The number of hydrogen-bond donors (Lipinski definition) is 0. The molecule has 0 radical (unpaired) electrons. The third-order valence-electron chi connectivity index (χ3n) is 8.72. The van der Waals surface area contributed by atoms with E-state index in [1.165, 1.54) is 44.1 Å². The molecule has 3 nitrogen and oxygen atoms in total. The van der Waals surface area contributed by atoms with Gasteiger partial charge in [0, 0.05) is 18.3 Å². The minimum absolute atomic E-state index is 0.0322. The second-order valence-electron chi connectivity index (χ2n) is 10.2. The number of hydrogen-bond acceptors (Lipinski definition) is 3. The van der Waals surface area contributed by atoms with E-state index in [1.807, 2.05) is 6.08 Å². The quantitative estimate of drug-likeness (QED) is 0.415. The Morgan fingerprint density at radius 2 is 1.93 bits per heavy atom. The van der Waals surface area contributed by atoms with Gasteiger partial charge in [-0.05, 0) is 81.1 Å². The average molecular weight is 387 g/mol. The zero-order valence-corrected chi connectivity index (χ0v) is 17.9. The Bertz CT molecular complexity index is 636. The van der Waals surface area contributed by atoms with E-state index in [2.05, 4.69) is 13.8 Å². The van der Waals surface area contributed by atoms with Gasteiger partial charge in [-0.25, -0.2) is 0 Å². The van der Waals surface area contributed by atoms with Crippen LogP contribution in [-0.4, -0.2) is 17.9 Å². The average Bonchev–Trinajstić information content (AvgIpc) is 3.01. The van der Waals surface area contributed by atoms with Gasteiger partial charge in [0.25, 0.3) is 0 Å². The number of ether oxygens (including phenoxy) is 1. The summed E-state index contributed by atoms with van der Waals surface area (Å²) in [5, 5.41) is 0. The molecule has 28 heavy (non-hydrogen) atoms. The van der Waals surface area contributed by atoms with Gasteiger partial charge in [0.1, 0.15) is 6.10 Å². The SMILES string of the molecule is CCCCCCC(=O)O[C@H]1CCC2C3CCC4=CC(=O)CCC4C3CC[C@@]21C. The maximum Gasteiger partial charge on any atom is 0.306 e. The van der Waals surface area contributed by atoms with Gasteiger partial charge in [0.05, 0.1) is 0 Å². The fourth-order valence-electron chi connectivity index (χ4n) is 7.24. The summed E-state index contributed by atoms with van der Waals surface area (Å²) in [6, 6.07) is 0. The Balaban J connectivity index is 1.39. The van der Waals surface area contributed by atoms with E-state index in [4.69, 9.17) is 4.74 Å². The van der Waals surface area contributed by atoms with Crippen molar-refractivity contribution in [3.05, 3.63) is 11.6 Å². The highest BCUT2D eigenvalue weighted by Crippen LogP contribution is 2.62. The number of ketones is 1. The molecule has 3 heteroatoms. The molecule has 3 fully saturated rings. The van der Waals surface area contributed by atoms with Crippen LogP contribution in [0.5, 0.6) is 0 Å². The molecular formula is C25H38O3. The molecule has 6 atom stereocenters. The van der Waals surface area contributed by atoms with Crippen molar-refractivity contribution in [2.24, 2.45) is 29.1 Å². The van der Waals surface area contributed by atoms with Gasteiger partial charge in [-0.1, -0.05) is 38.7 Å². The van der Waals surface area contributed by atoms with Crippen LogP contribution in [0, 0.1) is 29.1 Å². The summed E-state index contributed by atoms with van der Waals surface area (Å²) < 4.78 is 6.07. The predicted molar refractivity (Wildman–Crippen MR) is 111 cm³/mol. The smallest absolute Gasteiger partial charge is 0.306 e. The third-order valence-corrected chi connectivity index (χ3v) is 8.72. The highest BCUT2D eigenvalue weighted by atomic mass is 16.5. The number of esters is 1. The lowest BCUT2D eigenvalue weighted by molar-refractivity contribution is -0.159. The fraction of sp³-hybridized carbons (Fsp3) is 0.840. The van der Waals surface area contributed by atoms with Crippen LogP contribution in [0.1, 0.15) is 97.3 Å². The number of carbonyl (C=O) groups is 2. The van der Waals surface area contributed by atoms with Crippen LogP contribution in [0.4, 0.5) is 0 Å². The molecule has 0 N–H and O–H groups in total. The zero-order valence-electron chi connectivity index (χ0n) is 17.9. The lowest BCUT2D eigenvalue weighted by atomic mass is 9.52. The molecule has 4 rings (SSSR count). The van der Waals surface area contributed by atoms with Gasteiger partial charge < -0.3 is 4.74 Å². The van der Waals surface area contributed by atoms with Gasteiger partial charge in [-0.2, -0.15) is 0 Å². The lowest BCUT2D eigenvalue weighted by Crippen LogP contribution is -2.48. The Hall–Kier alpha value is -1.12. The van der Waals surface area contributed by atoms with Crippen LogP contribution >= 0.6 is 0 Å². The van der Waals surface area contributed by atoms with Crippen molar-refractivity contribution >= 4 is 11.8 Å². The monoisotopic (exact) mass is 386 g/mol. The predicted octanol–water partition coefficient (Wildman–Crippen LogP) is 6.01. The third kappa shape index (κ3) is 3.71. The largest absolute Gasteiger partial charge is 0.462 e. The van der Waals surface area contributed by atoms with Crippen LogP contribution < -0.4 is 0 Å². The molecule has 0 spiro atoms. The Kier molecular flexibility index (Phi) is 5.99. The number of allylic oxidation sites excluding steroid dienone is 1. The van der Waals surface area contributed by atoms with E-state index in [-0.39, 0.29) is 17.5 Å². The first-order valence-electron chi connectivity index (χ1n) is 12.0. The molecule has 0 amide bonds. The number of unbranched alkanes of at least 4 members (excludes halogenated alkanes) is 3. The first kappa shape index (κ1) is 20.2. The van der Waals surface area contributed by atoms with Crippen LogP contribution in [0.3, 0.4) is 0 Å². The molecule has 0 aromatic heterocycles. The Morgan fingerprint density at radius 1 is 1.07 bits per heavy atom. The van der Waals surface area contributed by atoms with Gasteiger partial charge in [0.15, 0.2) is 5.78 Å². The van der Waals surface area contributed by atoms with Crippen molar-refractivity contribution in [2.45, 2.75) is 103 Å². The fourth-order valence-corrected chi connectivity index (χ4v) is 7.24. The van der Waals surface area contributed by atoms with Gasteiger partial charge in [-0.15, -0.1) is 0 Å². The molecule has 0 heterocycles. The second-order valence-corrected chi connectivity index (χ2v) is 10.2. The van der Waals surface area contributed by atoms with Crippen molar-refractivity contribution in [1.82, 2.24) is 0 Å². The number of carbonyl (C=O) groups excluding carboxylic acids is 2. The van der Waals surface area contributed by atoms with E-state index in [9.17, 15) is 9.59 Å². The first-order chi connectivity index (χ1) is 13.5. The van der Waals surface area contributed by atoms with Crippen molar-refractivity contribution in [1.29, 1.82) is 0 Å². The Labute approximate surface area is 170 Å². The van der Waals surface area contributed by atoms with E-state index in [0.29, 0.717) is 24.0 Å². The second kappa shape index (κ2) is 8.32. The molecule has 0 saturated heterocycles. The summed E-state index contributed by atoms with van der Waals surface area (Å²) in [5.74, 6) is 3.25. The summed E-state index contributed by atoms with van der Waals surface area (Å²) in [6.45, 7) is 4.61. The highest BCUT2D eigenvalue weighted by Gasteiger charge is 2.57. The van der Waals surface area contributed by atoms with E-state index < -0.39 is 0 Å². The molecule has 0 aromatic carbocycles. The maximum atomic E-state index is 12.4. The maximum absolute atomic E-state index is 12.4. The summed E-state index contributed by atoms with van der Waals surface area (Å²) >= 11 is 0. The molecule has 4 aliphatic rings. The molecule has 4 unspecified atom stereocenters. The van der Waals surface area contributed by atoms with E-state index >= 15 is 0 Å². The molecule has 0 bridgehead atoms. The van der Waals surface area contributed by atoms with Crippen LogP contribution in [-0.2, 0) is 14.3 Å². The van der Waals surface area contributed by atoms with Crippen LogP contribution in [0.15, 0.2) is 11.6 Å². The van der Waals surface area contributed by atoms with Gasteiger partial charge in [-0.3, -0.25) is 9.59 Å². The normalized spacial score (nSPS) is 39.6. The highest BCUT2D eigenvalue weighted by molar-refractivity contribution is 5.91. The summed E-state index contributed by atoms with van der Waals surface area (Å²) in [6.07, 6.45) is 16.1. The first-order valence-corrected chi connectivity index (χ1v) is 12.0. The topological polar surface area (TPSA) is 43.4 Å². The molecule has 4 aliphatic carbocycles. The van der Waals surface area contributed by atoms with Gasteiger partial charge >= 0.3 is 5.97 Å². The summed E-state index contributed by atoms with van der Waals surface area (Å²) in [5.41, 5.74) is 1.63. The summed E-state index contributed by atoms with van der Waals surface area (Å²) in [7, 11) is 0. The number of rotatable bonds is 6. The Morgan fingerprint density at radius 3 is 2.75 bits per heavy atom. The van der Waals surface area contributed by atoms with Crippen LogP contribution in [0.25, 0.3) is 0 Å². The van der Waals surface area contributed by atoms with Crippen molar-refractivity contribution in [2.75, 3.05) is 0 Å². The van der Waals surface area contributed by atoms with E-state index in [1.54, 1.807) is 0 Å². The van der Waals surface area contributed by atoms with Gasteiger partial charge in [0.2, 0.25) is 0 Å². The van der Waals surface area contributed by atoms with Crippen molar-refractivity contribution in [3.8, 4) is 0 Å². The molecular weight excluding hydrogens is 348 g/mol. The molecule has 3 saturated carbocycles. The number of fused-ring (bicyclic) bond motifs is 5. The molecule has 0 aromatic rings. The van der Waals surface area contributed by atoms with Crippen molar-refractivity contribution in [3.63, 3.8) is 0 Å². The minimum Gasteiger partial charge on any atom is -0.462 e. The van der Waals surface area contributed by atoms with Crippen LogP contribution in [0.2, 0.25) is 0 Å². The molecule has 0 aliphatic heterocycles. The lowest BCUT2D eigenvalue weighted by Gasteiger charge is -2.53.